The molecule has 0 aliphatic heterocycles. The quantitative estimate of drug-likeness (QED) is 0.610. The van der Waals surface area contributed by atoms with E-state index in [9.17, 15) is 4.79 Å². The van der Waals surface area contributed by atoms with Crippen molar-refractivity contribution in [3.8, 4) is 11.1 Å². The largest absolute Gasteiger partial charge is 0.464 e. The third-order valence-corrected chi connectivity index (χ3v) is 4.04. The summed E-state index contributed by atoms with van der Waals surface area (Å²) in [6.07, 6.45) is 0. The summed E-state index contributed by atoms with van der Waals surface area (Å²) in [5.74, 6) is -0.445. The summed E-state index contributed by atoms with van der Waals surface area (Å²) in [5, 5.41) is 2.36. The molecule has 1 aromatic heterocycles. The second-order valence-electron chi connectivity index (χ2n) is 4.75. The topological polar surface area (TPSA) is 42.1 Å². The summed E-state index contributed by atoms with van der Waals surface area (Å²) in [4.78, 5) is 14.6. The number of carbonyl (C=O) groups excluding carboxylic acids is 1. The predicted molar refractivity (Wildman–Crippen MR) is 90.1 cm³/mol. The number of H-pyrrole nitrogens is 1. The molecule has 0 fully saturated rings. The first-order valence-electron chi connectivity index (χ1n) is 6.35. The second kappa shape index (κ2) is 5.84. The molecule has 0 atom stereocenters. The molecule has 0 saturated heterocycles. The Kier molecular flexibility index (Phi) is 4.04. The number of carbonyl (C=O) groups is 1. The van der Waals surface area contributed by atoms with E-state index in [0.29, 0.717) is 20.8 Å². The van der Waals surface area contributed by atoms with Gasteiger partial charge >= 0.3 is 5.97 Å². The molecule has 3 nitrogen and oxygen atoms in total. The minimum Gasteiger partial charge on any atom is -0.464 e. The minimum absolute atomic E-state index is 0.348. The number of esters is 1. The van der Waals surface area contributed by atoms with Gasteiger partial charge in [-0.2, -0.15) is 0 Å². The van der Waals surface area contributed by atoms with E-state index in [4.69, 9.17) is 39.5 Å². The molecule has 1 N–H and O–H groups in total. The van der Waals surface area contributed by atoms with E-state index in [0.717, 1.165) is 22.0 Å². The van der Waals surface area contributed by atoms with Crippen molar-refractivity contribution in [1.82, 2.24) is 4.98 Å². The number of methoxy groups -OCH3 is 1. The summed E-state index contributed by atoms with van der Waals surface area (Å²) in [5.41, 5.74) is 2.77. The number of benzene rings is 2. The Morgan fingerprint density at radius 3 is 2.23 bits per heavy atom. The Labute approximate surface area is 141 Å². The number of ether oxygens (including phenoxy) is 1. The van der Waals surface area contributed by atoms with E-state index in [2.05, 4.69) is 4.98 Å². The van der Waals surface area contributed by atoms with Gasteiger partial charge in [0.05, 0.1) is 12.1 Å². The Hall–Kier alpha value is -1.68. The molecule has 0 spiro atoms. The van der Waals surface area contributed by atoms with Crippen LogP contribution in [-0.2, 0) is 4.74 Å². The van der Waals surface area contributed by atoms with Crippen molar-refractivity contribution in [2.45, 2.75) is 0 Å². The lowest BCUT2D eigenvalue weighted by atomic mass is 10.0. The Morgan fingerprint density at radius 1 is 0.955 bits per heavy atom. The maximum Gasteiger partial charge on any atom is 0.354 e. The Bertz CT molecular complexity index is 866. The number of rotatable bonds is 2. The molecule has 6 heteroatoms. The highest BCUT2D eigenvalue weighted by Gasteiger charge is 2.13. The number of aromatic nitrogens is 1. The zero-order valence-corrected chi connectivity index (χ0v) is 13.7. The third kappa shape index (κ3) is 2.80. The molecular formula is C16H10Cl3NO2. The fourth-order valence-electron chi connectivity index (χ4n) is 2.30. The van der Waals surface area contributed by atoms with Crippen molar-refractivity contribution >= 4 is 51.7 Å². The highest BCUT2D eigenvalue weighted by Crippen LogP contribution is 2.33. The van der Waals surface area contributed by atoms with Gasteiger partial charge in [-0.3, -0.25) is 0 Å². The Balaban J connectivity index is 2.17. The fraction of sp³-hybridized carbons (Fsp3) is 0.0625. The monoisotopic (exact) mass is 353 g/mol. The van der Waals surface area contributed by atoms with Crippen molar-refractivity contribution in [3.63, 3.8) is 0 Å². The molecule has 3 aromatic rings. The molecule has 0 amide bonds. The summed E-state index contributed by atoms with van der Waals surface area (Å²) >= 11 is 18.4. The number of nitrogens with one attached hydrogen (secondary N) is 1. The molecule has 0 unspecified atom stereocenters. The van der Waals surface area contributed by atoms with Crippen LogP contribution in [0, 0.1) is 0 Å². The molecular weight excluding hydrogens is 345 g/mol. The van der Waals surface area contributed by atoms with Gasteiger partial charge in [-0.1, -0.05) is 34.8 Å². The summed E-state index contributed by atoms with van der Waals surface area (Å²) in [6.45, 7) is 0. The highest BCUT2D eigenvalue weighted by atomic mass is 35.5. The molecule has 0 aliphatic carbocycles. The van der Waals surface area contributed by atoms with Gasteiger partial charge in [-0.15, -0.1) is 0 Å². The number of halogens is 3. The van der Waals surface area contributed by atoms with Crippen molar-refractivity contribution in [2.24, 2.45) is 0 Å². The van der Waals surface area contributed by atoms with Crippen LogP contribution in [0.15, 0.2) is 36.4 Å². The van der Waals surface area contributed by atoms with Crippen molar-refractivity contribution in [1.29, 1.82) is 0 Å². The van der Waals surface area contributed by atoms with Crippen LogP contribution in [-0.4, -0.2) is 18.1 Å². The molecule has 112 valence electrons. The summed E-state index contributed by atoms with van der Waals surface area (Å²) < 4.78 is 4.70. The van der Waals surface area contributed by atoms with Gasteiger partial charge in [0.25, 0.3) is 0 Å². The van der Waals surface area contributed by atoms with Crippen LogP contribution in [0.1, 0.15) is 10.5 Å². The smallest absolute Gasteiger partial charge is 0.354 e. The van der Waals surface area contributed by atoms with E-state index >= 15 is 0 Å². The molecule has 22 heavy (non-hydrogen) atoms. The molecule has 0 bridgehead atoms. The van der Waals surface area contributed by atoms with E-state index in [1.165, 1.54) is 7.11 Å². The van der Waals surface area contributed by atoms with Gasteiger partial charge in [0, 0.05) is 20.9 Å². The van der Waals surface area contributed by atoms with E-state index in [1.807, 2.05) is 6.07 Å². The van der Waals surface area contributed by atoms with E-state index < -0.39 is 5.97 Å². The Morgan fingerprint density at radius 2 is 1.59 bits per heavy atom. The number of hydrogen-bond donors (Lipinski definition) is 1. The van der Waals surface area contributed by atoms with Crippen molar-refractivity contribution in [3.05, 3.63) is 57.2 Å². The second-order valence-corrected chi connectivity index (χ2v) is 6.03. The predicted octanol–water partition coefficient (Wildman–Crippen LogP) is 5.58. The number of hydrogen-bond acceptors (Lipinski definition) is 2. The minimum atomic E-state index is -0.445. The van der Waals surface area contributed by atoms with Gasteiger partial charge in [0.15, 0.2) is 0 Å². The van der Waals surface area contributed by atoms with Gasteiger partial charge in [-0.05, 0) is 47.5 Å². The normalized spacial score (nSPS) is 10.9. The van der Waals surface area contributed by atoms with Gasteiger partial charge in [0.2, 0.25) is 0 Å². The first-order valence-corrected chi connectivity index (χ1v) is 7.48. The molecule has 3 rings (SSSR count). The maximum atomic E-state index is 11.6. The zero-order chi connectivity index (χ0) is 15.9. The van der Waals surface area contributed by atoms with E-state index in [1.54, 1.807) is 30.3 Å². The molecule has 2 aromatic carbocycles. The van der Waals surface area contributed by atoms with Crippen LogP contribution < -0.4 is 0 Å². The lowest BCUT2D eigenvalue weighted by Crippen LogP contribution is -2.00. The average Bonchev–Trinajstić information content (AvgIpc) is 2.90. The SMILES string of the molecule is COC(=O)c1cc2c(Cl)cc(-c3cc(Cl)cc(Cl)c3)cc2[nH]1. The van der Waals surface area contributed by atoms with Gasteiger partial charge in [0.1, 0.15) is 5.69 Å². The molecule has 0 saturated carbocycles. The van der Waals surface area contributed by atoms with Gasteiger partial charge < -0.3 is 9.72 Å². The first-order chi connectivity index (χ1) is 10.5. The van der Waals surface area contributed by atoms with Crippen LogP contribution in [0.2, 0.25) is 15.1 Å². The van der Waals surface area contributed by atoms with Crippen LogP contribution >= 0.6 is 34.8 Å². The molecule has 0 aliphatic rings. The van der Waals surface area contributed by atoms with Crippen molar-refractivity contribution < 1.29 is 9.53 Å². The number of fused-ring (bicyclic) bond motifs is 1. The average molecular weight is 355 g/mol. The van der Waals surface area contributed by atoms with Crippen molar-refractivity contribution in [2.75, 3.05) is 7.11 Å². The zero-order valence-electron chi connectivity index (χ0n) is 11.4. The van der Waals surface area contributed by atoms with Crippen LogP contribution in [0.25, 0.3) is 22.0 Å². The fourth-order valence-corrected chi connectivity index (χ4v) is 3.10. The summed E-state index contributed by atoms with van der Waals surface area (Å²) in [6, 6.07) is 10.6. The standard InChI is InChI=1S/C16H10Cl3NO2/c1-22-16(21)15-7-12-13(19)4-9(5-14(12)20-15)8-2-10(17)6-11(18)3-8/h2-7,20H,1H3. The van der Waals surface area contributed by atoms with Crippen LogP contribution in [0.5, 0.6) is 0 Å². The first kappa shape index (κ1) is 15.2. The van der Waals surface area contributed by atoms with Crippen LogP contribution in [0.3, 0.4) is 0 Å². The third-order valence-electron chi connectivity index (χ3n) is 3.29. The molecule has 1 heterocycles. The highest BCUT2D eigenvalue weighted by molar-refractivity contribution is 6.36. The number of aromatic amines is 1. The van der Waals surface area contributed by atoms with Gasteiger partial charge in [-0.25, -0.2) is 4.79 Å². The lowest BCUT2D eigenvalue weighted by molar-refractivity contribution is 0.0595. The lowest BCUT2D eigenvalue weighted by Gasteiger charge is -2.05. The van der Waals surface area contributed by atoms with E-state index in [-0.39, 0.29) is 0 Å². The maximum absolute atomic E-state index is 11.6. The summed E-state index contributed by atoms with van der Waals surface area (Å²) in [7, 11) is 1.33. The molecule has 0 radical (unpaired) electrons. The van der Waals surface area contributed by atoms with Crippen LogP contribution in [0.4, 0.5) is 0 Å².